The number of hydrogen-bond donors (Lipinski definition) is 1. The van der Waals surface area contributed by atoms with E-state index in [0.717, 1.165) is 5.56 Å². The van der Waals surface area contributed by atoms with Crippen molar-refractivity contribution < 1.29 is 19.4 Å². The summed E-state index contributed by atoms with van der Waals surface area (Å²) in [7, 11) is 0. The van der Waals surface area contributed by atoms with Crippen LogP contribution < -0.4 is 0 Å². The molecule has 35 heavy (non-hydrogen) atoms. The van der Waals surface area contributed by atoms with Crippen molar-refractivity contribution in [3.05, 3.63) is 98.8 Å². The van der Waals surface area contributed by atoms with Gasteiger partial charge in [-0.25, -0.2) is 0 Å². The van der Waals surface area contributed by atoms with Gasteiger partial charge in [0.05, 0.1) is 23.4 Å². The molecule has 2 aromatic carbocycles. The second kappa shape index (κ2) is 9.36. The Kier molecular flexibility index (Phi) is 6.40. The zero-order valence-corrected chi connectivity index (χ0v) is 20.6. The smallest absolute Gasteiger partial charge is 0.257 e. The highest BCUT2D eigenvalue weighted by molar-refractivity contribution is 6.30. The number of amides is 1. The van der Waals surface area contributed by atoms with Crippen molar-refractivity contribution in [1.82, 2.24) is 9.88 Å². The van der Waals surface area contributed by atoms with Crippen LogP contribution in [0.5, 0.6) is 0 Å². The van der Waals surface area contributed by atoms with Crippen molar-refractivity contribution in [3.8, 4) is 0 Å². The number of fused-ring (bicyclic) bond motifs is 1. The molecule has 2 heterocycles. The Morgan fingerprint density at radius 3 is 2.46 bits per heavy atom. The summed E-state index contributed by atoms with van der Waals surface area (Å²) < 4.78 is 6.81. The third kappa shape index (κ3) is 4.25. The Bertz CT molecular complexity index is 1270. The quantitative estimate of drug-likeness (QED) is 0.440. The fourth-order valence-electron chi connectivity index (χ4n) is 4.86. The molecule has 1 fully saturated rings. The van der Waals surface area contributed by atoms with Gasteiger partial charge in [0.25, 0.3) is 5.91 Å². The normalized spacial score (nSPS) is 23.2. The zero-order chi connectivity index (χ0) is 24.7. The maximum Gasteiger partial charge on any atom is 0.257 e. The first-order valence-electron chi connectivity index (χ1n) is 11.4. The number of pyridine rings is 1. The van der Waals surface area contributed by atoms with Gasteiger partial charge in [-0.15, -0.1) is 0 Å². The minimum absolute atomic E-state index is 0.101. The van der Waals surface area contributed by atoms with E-state index < -0.39 is 5.72 Å². The topological polar surface area (TPSA) is 79.7 Å². The van der Waals surface area contributed by atoms with Crippen LogP contribution in [-0.2, 0) is 17.0 Å². The third-order valence-corrected chi connectivity index (χ3v) is 7.25. The molecule has 1 atom stereocenters. The minimum atomic E-state index is -1.25. The molecule has 1 aliphatic carbocycles. The summed E-state index contributed by atoms with van der Waals surface area (Å²) in [6.07, 6.45) is 2.76. The molecule has 0 bridgehead atoms. The summed E-state index contributed by atoms with van der Waals surface area (Å²) in [5.74, 6) is -0.209. The highest BCUT2D eigenvalue weighted by Gasteiger charge is 2.54. The van der Waals surface area contributed by atoms with Crippen LogP contribution in [0.3, 0.4) is 0 Å². The van der Waals surface area contributed by atoms with Crippen LogP contribution in [0.2, 0.25) is 10.0 Å². The van der Waals surface area contributed by atoms with E-state index in [1.165, 1.54) is 6.92 Å². The summed E-state index contributed by atoms with van der Waals surface area (Å²) in [5.41, 5.74) is 1.67. The minimum Gasteiger partial charge on any atom is -0.396 e. The molecule has 1 N–H and O–H groups in total. The van der Waals surface area contributed by atoms with E-state index in [2.05, 4.69) is 4.98 Å². The van der Waals surface area contributed by atoms with Gasteiger partial charge in [-0.05, 0) is 56.0 Å². The lowest BCUT2D eigenvalue weighted by molar-refractivity contribution is -0.182. The van der Waals surface area contributed by atoms with E-state index in [1.54, 1.807) is 53.6 Å². The maximum atomic E-state index is 13.9. The largest absolute Gasteiger partial charge is 0.396 e. The first kappa shape index (κ1) is 23.9. The molecule has 1 saturated carbocycles. The van der Waals surface area contributed by atoms with Crippen molar-refractivity contribution >= 4 is 34.9 Å². The number of ether oxygens (including phenoxy) is 1. The van der Waals surface area contributed by atoms with Crippen LogP contribution in [0, 0.1) is 5.92 Å². The molecule has 1 aliphatic heterocycles. The SMILES string of the molecule is CC(=O)c1ccc2c(c1)C(=O)N(Cc1ccc(Cl)cn1)C2(OC1CC(CO)C1)c1ccc(Cl)cc1. The molecule has 180 valence electrons. The second-order valence-electron chi connectivity index (χ2n) is 9.09. The van der Waals surface area contributed by atoms with Gasteiger partial charge in [-0.1, -0.05) is 47.5 Å². The summed E-state index contributed by atoms with van der Waals surface area (Å²) in [6, 6.07) is 15.9. The van der Waals surface area contributed by atoms with Crippen LogP contribution in [-0.4, -0.2) is 39.4 Å². The molecular formula is C27H24Cl2N2O4. The van der Waals surface area contributed by atoms with Crippen molar-refractivity contribution in [2.75, 3.05) is 6.61 Å². The highest BCUT2D eigenvalue weighted by atomic mass is 35.5. The summed E-state index contributed by atoms with van der Waals surface area (Å²) in [6.45, 7) is 1.74. The van der Waals surface area contributed by atoms with Crippen molar-refractivity contribution in [2.45, 2.75) is 38.1 Å². The molecule has 5 rings (SSSR count). The van der Waals surface area contributed by atoms with E-state index in [-0.39, 0.29) is 36.9 Å². The standard InChI is InChI=1S/C27H24Cl2N2O4/c1-16(33)18-2-9-25-24(12-18)26(34)31(14-22-8-7-21(29)13-30-22)27(25,19-3-5-20(28)6-4-19)35-23-10-17(11-23)15-32/h2-9,12-13,17,23,32H,10-11,14-15H2,1H3. The van der Waals surface area contributed by atoms with Gasteiger partial charge in [0, 0.05) is 40.1 Å². The molecular weight excluding hydrogens is 487 g/mol. The molecule has 6 nitrogen and oxygen atoms in total. The van der Waals surface area contributed by atoms with Crippen LogP contribution in [0.1, 0.15) is 57.3 Å². The number of carbonyl (C=O) groups is 2. The lowest BCUT2D eigenvalue weighted by Crippen LogP contribution is -2.51. The van der Waals surface area contributed by atoms with Gasteiger partial charge in [0.1, 0.15) is 0 Å². The lowest BCUT2D eigenvalue weighted by Gasteiger charge is -2.45. The number of nitrogens with zero attached hydrogens (tertiary/aromatic N) is 2. The summed E-state index contributed by atoms with van der Waals surface area (Å²) in [4.78, 5) is 32.1. The predicted octanol–water partition coefficient (Wildman–Crippen LogP) is 5.24. The first-order chi connectivity index (χ1) is 16.8. The number of carbonyl (C=O) groups excluding carboxylic acids is 2. The Balaban J connectivity index is 1.68. The Morgan fingerprint density at radius 2 is 1.83 bits per heavy atom. The molecule has 1 aromatic heterocycles. The van der Waals surface area contributed by atoms with Gasteiger partial charge in [-0.3, -0.25) is 19.5 Å². The number of rotatable bonds is 7. The average Bonchev–Trinajstić information content (AvgIpc) is 3.05. The van der Waals surface area contributed by atoms with Gasteiger partial charge in [0.15, 0.2) is 11.5 Å². The van der Waals surface area contributed by atoms with Crippen LogP contribution in [0.25, 0.3) is 0 Å². The fraction of sp³-hybridized carbons (Fsp3) is 0.296. The zero-order valence-electron chi connectivity index (χ0n) is 19.1. The van der Waals surface area contributed by atoms with Crippen molar-refractivity contribution in [3.63, 3.8) is 0 Å². The third-order valence-electron chi connectivity index (χ3n) is 6.78. The Morgan fingerprint density at radius 1 is 1.11 bits per heavy atom. The Labute approximate surface area is 213 Å². The van der Waals surface area contributed by atoms with Gasteiger partial charge >= 0.3 is 0 Å². The van der Waals surface area contributed by atoms with E-state index in [1.807, 2.05) is 12.1 Å². The van der Waals surface area contributed by atoms with E-state index in [4.69, 9.17) is 27.9 Å². The number of halogens is 2. The molecule has 0 saturated heterocycles. The van der Waals surface area contributed by atoms with Gasteiger partial charge in [0.2, 0.25) is 0 Å². The van der Waals surface area contributed by atoms with Gasteiger partial charge in [-0.2, -0.15) is 0 Å². The number of benzene rings is 2. The number of Topliss-reactive ketones (excluding diaryl/α,β-unsaturated/α-hetero) is 1. The van der Waals surface area contributed by atoms with Crippen molar-refractivity contribution in [1.29, 1.82) is 0 Å². The molecule has 0 spiro atoms. The first-order valence-corrected chi connectivity index (χ1v) is 12.2. The Hall–Kier alpha value is -2.77. The predicted molar refractivity (Wildman–Crippen MR) is 132 cm³/mol. The molecule has 0 radical (unpaired) electrons. The second-order valence-corrected chi connectivity index (χ2v) is 9.96. The van der Waals surface area contributed by atoms with Crippen LogP contribution >= 0.6 is 23.2 Å². The van der Waals surface area contributed by atoms with Crippen LogP contribution in [0.4, 0.5) is 0 Å². The molecule has 1 unspecified atom stereocenters. The van der Waals surface area contributed by atoms with Crippen molar-refractivity contribution in [2.24, 2.45) is 5.92 Å². The monoisotopic (exact) mass is 510 g/mol. The number of hydrogen-bond acceptors (Lipinski definition) is 5. The molecule has 1 amide bonds. The number of aliphatic hydroxyl groups is 1. The lowest BCUT2D eigenvalue weighted by atomic mass is 9.82. The molecule has 8 heteroatoms. The maximum absolute atomic E-state index is 13.9. The fourth-order valence-corrected chi connectivity index (χ4v) is 5.10. The number of aliphatic hydroxyl groups excluding tert-OH is 1. The molecule has 3 aromatic rings. The average molecular weight is 511 g/mol. The van der Waals surface area contributed by atoms with Crippen LogP contribution in [0.15, 0.2) is 60.8 Å². The van der Waals surface area contributed by atoms with Gasteiger partial charge < -0.3 is 9.84 Å². The van der Waals surface area contributed by atoms with E-state index in [9.17, 15) is 14.7 Å². The summed E-state index contributed by atoms with van der Waals surface area (Å²) in [5, 5.41) is 10.6. The highest BCUT2D eigenvalue weighted by Crippen LogP contribution is 2.49. The van der Waals surface area contributed by atoms with E-state index >= 15 is 0 Å². The van der Waals surface area contributed by atoms with E-state index in [0.29, 0.717) is 45.3 Å². The summed E-state index contributed by atoms with van der Waals surface area (Å²) >= 11 is 12.2. The number of ketones is 1. The molecule has 2 aliphatic rings. The number of aromatic nitrogens is 1.